The molecule has 1 fully saturated rings. The largest absolute Gasteiger partial charge is 0.493 e. The van der Waals surface area contributed by atoms with Crippen molar-refractivity contribution in [1.29, 1.82) is 0 Å². The summed E-state index contributed by atoms with van der Waals surface area (Å²) in [6.07, 6.45) is 4.84. The minimum atomic E-state index is -3.23. The van der Waals surface area contributed by atoms with E-state index in [1.54, 1.807) is 6.07 Å². The van der Waals surface area contributed by atoms with Crippen molar-refractivity contribution in [3.8, 4) is 17.0 Å². The average molecular weight is 404 g/mol. The van der Waals surface area contributed by atoms with Gasteiger partial charge in [-0.1, -0.05) is 31.1 Å². The molecule has 2 aromatic rings. The number of nitrogens with zero attached hydrogens (tertiary/aromatic N) is 1. The summed E-state index contributed by atoms with van der Waals surface area (Å²) in [5.41, 5.74) is 1.70. The van der Waals surface area contributed by atoms with Crippen LogP contribution in [0.15, 0.2) is 41.8 Å². The molecule has 8 heteroatoms. The van der Waals surface area contributed by atoms with Gasteiger partial charge in [-0.05, 0) is 38.0 Å². The van der Waals surface area contributed by atoms with Gasteiger partial charge < -0.3 is 10.1 Å². The Bertz CT molecular complexity index is 944. The van der Waals surface area contributed by atoms with E-state index < -0.39 is 9.84 Å². The molecule has 1 heterocycles. The van der Waals surface area contributed by atoms with E-state index in [-0.39, 0.29) is 17.7 Å². The standard InChI is InChI=1S/C20H25N3O4S/c1-2-27-19-11-6-5-10-16(19)17-14-18(23-22-17)20(24)21-12-7-13-28(25,26)15-8-3-4-9-15/h5-7,10-11,13-15H,2-4,8-9,12H2,1H3,(H,21,24)(H,22,23)/b13-7+. The quantitative estimate of drug-likeness (QED) is 0.705. The Kier molecular flexibility index (Phi) is 6.51. The lowest BCUT2D eigenvalue weighted by atomic mass is 10.1. The summed E-state index contributed by atoms with van der Waals surface area (Å²) >= 11 is 0. The van der Waals surface area contributed by atoms with E-state index in [4.69, 9.17) is 4.74 Å². The minimum absolute atomic E-state index is 0.134. The van der Waals surface area contributed by atoms with Crippen molar-refractivity contribution in [2.45, 2.75) is 37.9 Å². The third kappa shape index (κ3) is 4.81. The Hall–Kier alpha value is -2.61. The van der Waals surface area contributed by atoms with Gasteiger partial charge in [0, 0.05) is 17.5 Å². The number of nitrogens with one attached hydrogen (secondary N) is 2. The summed E-state index contributed by atoms with van der Waals surface area (Å²) in [5, 5.41) is 10.5. The Morgan fingerprint density at radius 1 is 1.32 bits per heavy atom. The lowest BCUT2D eigenvalue weighted by Gasteiger charge is -2.07. The lowest BCUT2D eigenvalue weighted by molar-refractivity contribution is 0.0953. The maximum Gasteiger partial charge on any atom is 0.269 e. The second kappa shape index (κ2) is 9.05. The summed E-state index contributed by atoms with van der Waals surface area (Å²) < 4.78 is 29.9. The van der Waals surface area contributed by atoms with Crippen LogP contribution in [0.1, 0.15) is 43.1 Å². The Morgan fingerprint density at radius 2 is 2.07 bits per heavy atom. The Morgan fingerprint density at radius 3 is 2.82 bits per heavy atom. The third-order valence-electron chi connectivity index (χ3n) is 4.72. The summed E-state index contributed by atoms with van der Waals surface area (Å²) in [6.45, 7) is 2.57. The van der Waals surface area contributed by atoms with E-state index in [9.17, 15) is 13.2 Å². The van der Waals surface area contributed by atoms with Gasteiger partial charge in [-0.25, -0.2) is 8.42 Å². The number of H-pyrrole nitrogens is 1. The molecule has 1 saturated carbocycles. The molecule has 0 spiro atoms. The molecule has 1 aromatic carbocycles. The highest BCUT2D eigenvalue weighted by atomic mass is 32.2. The number of ether oxygens (including phenoxy) is 1. The summed E-state index contributed by atoms with van der Waals surface area (Å²) in [7, 11) is -3.23. The second-order valence-corrected chi connectivity index (χ2v) is 8.79. The van der Waals surface area contributed by atoms with E-state index in [1.807, 2.05) is 31.2 Å². The molecule has 7 nitrogen and oxygen atoms in total. The van der Waals surface area contributed by atoms with Crippen molar-refractivity contribution in [2.24, 2.45) is 0 Å². The topological polar surface area (TPSA) is 101 Å². The van der Waals surface area contributed by atoms with Gasteiger partial charge >= 0.3 is 0 Å². The van der Waals surface area contributed by atoms with Gasteiger partial charge in [-0.2, -0.15) is 5.10 Å². The van der Waals surface area contributed by atoms with Crippen molar-refractivity contribution >= 4 is 15.7 Å². The zero-order valence-electron chi connectivity index (χ0n) is 15.8. The molecule has 0 saturated heterocycles. The van der Waals surface area contributed by atoms with Crippen LogP contribution >= 0.6 is 0 Å². The van der Waals surface area contributed by atoms with Crippen molar-refractivity contribution in [2.75, 3.05) is 13.2 Å². The highest BCUT2D eigenvalue weighted by Crippen LogP contribution is 2.28. The van der Waals surface area contributed by atoms with Crippen molar-refractivity contribution in [3.63, 3.8) is 0 Å². The lowest BCUT2D eigenvalue weighted by Crippen LogP contribution is -2.24. The first kappa shape index (κ1) is 20.1. The molecular formula is C20H25N3O4S. The van der Waals surface area contributed by atoms with Gasteiger partial charge in [0.2, 0.25) is 0 Å². The van der Waals surface area contributed by atoms with E-state index in [0.29, 0.717) is 23.7 Å². The molecule has 0 bridgehead atoms. The first-order valence-electron chi connectivity index (χ1n) is 9.47. The Labute approximate surface area is 165 Å². The predicted octanol–water partition coefficient (Wildman–Crippen LogP) is 3.08. The van der Waals surface area contributed by atoms with Crippen LogP contribution in [0.4, 0.5) is 0 Å². The van der Waals surface area contributed by atoms with Gasteiger partial charge in [-0.3, -0.25) is 9.89 Å². The third-order valence-corrected chi connectivity index (χ3v) is 6.69. The number of carbonyl (C=O) groups excluding carboxylic acids is 1. The number of hydrogen-bond donors (Lipinski definition) is 2. The van der Waals surface area contributed by atoms with Crippen LogP contribution in [0.2, 0.25) is 0 Å². The molecule has 1 amide bonds. The maximum atomic E-state index is 12.3. The molecule has 0 atom stereocenters. The number of hydrogen-bond acceptors (Lipinski definition) is 5. The van der Waals surface area contributed by atoms with Crippen molar-refractivity contribution in [3.05, 3.63) is 47.5 Å². The zero-order valence-corrected chi connectivity index (χ0v) is 16.7. The van der Waals surface area contributed by atoms with Gasteiger partial charge in [0.05, 0.1) is 17.6 Å². The number of para-hydroxylation sites is 1. The first-order chi connectivity index (χ1) is 13.5. The van der Waals surface area contributed by atoms with Crippen LogP contribution in [0.5, 0.6) is 5.75 Å². The Balaban J connectivity index is 1.60. The minimum Gasteiger partial charge on any atom is -0.493 e. The number of benzene rings is 1. The first-order valence-corrected chi connectivity index (χ1v) is 11.1. The predicted molar refractivity (Wildman–Crippen MR) is 108 cm³/mol. The van der Waals surface area contributed by atoms with E-state index in [1.165, 1.54) is 11.5 Å². The van der Waals surface area contributed by atoms with Gasteiger partial charge in [-0.15, -0.1) is 0 Å². The molecule has 28 heavy (non-hydrogen) atoms. The van der Waals surface area contributed by atoms with Crippen molar-refractivity contribution in [1.82, 2.24) is 15.5 Å². The van der Waals surface area contributed by atoms with Crippen LogP contribution in [-0.2, 0) is 9.84 Å². The van der Waals surface area contributed by atoms with Crippen LogP contribution in [0, 0.1) is 0 Å². The van der Waals surface area contributed by atoms with Crippen LogP contribution in [0.3, 0.4) is 0 Å². The molecular weight excluding hydrogens is 378 g/mol. The van der Waals surface area contributed by atoms with Gasteiger partial charge in [0.25, 0.3) is 5.91 Å². The number of amides is 1. The monoisotopic (exact) mass is 403 g/mol. The number of aromatic nitrogens is 2. The number of sulfone groups is 1. The molecule has 2 N–H and O–H groups in total. The SMILES string of the molecule is CCOc1ccccc1-c1cc(C(=O)NC/C=C/S(=O)(=O)C2CCCC2)[nH]n1. The summed E-state index contributed by atoms with van der Waals surface area (Å²) in [5.74, 6) is 0.346. The van der Waals surface area contributed by atoms with Crippen LogP contribution in [0.25, 0.3) is 11.3 Å². The molecule has 1 aliphatic rings. The normalized spacial score (nSPS) is 15.2. The molecule has 0 radical (unpaired) electrons. The fourth-order valence-corrected chi connectivity index (χ4v) is 4.87. The molecule has 3 rings (SSSR count). The fraction of sp³-hybridized carbons (Fsp3) is 0.400. The summed E-state index contributed by atoms with van der Waals surface area (Å²) in [4.78, 5) is 12.3. The highest BCUT2D eigenvalue weighted by Gasteiger charge is 2.26. The van der Waals surface area contributed by atoms with Crippen molar-refractivity contribution < 1.29 is 17.9 Å². The molecule has 1 aromatic heterocycles. The van der Waals surface area contributed by atoms with E-state index >= 15 is 0 Å². The fourth-order valence-electron chi connectivity index (χ4n) is 3.29. The molecule has 0 aliphatic heterocycles. The van der Waals surface area contributed by atoms with Gasteiger partial charge in [0.15, 0.2) is 9.84 Å². The number of carbonyl (C=O) groups is 1. The molecule has 150 valence electrons. The number of aromatic amines is 1. The van der Waals surface area contributed by atoms with Crippen LogP contribution in [-0.4, -0.2) is 42.9 Å². The van der Waals surface area contributed by atoms with E-state index in [0.717, 1.165) is 31.2 Å². The van der Waals surface area contributed by atoms with Gasteiger partial charge in [0.1, 0.15) is 11.4 Å². The zero-order chi connectivity index (χ0) is 20.0. The maximum absolute atomic E-state index is 12.3. The smallest absolute Gasteiger partial charge is 0.269 e. The molecule has 1 aliphatic carbocycles. The van der Waals surface area contributed by atoms with Crippen LogP contribution < -0.4 is 10.1 Å². The number of rotatable bonds is 8. The second-order valence-electron chi connectivity index (χ2n) is 6.67. The summed E-state index contributed by atoms with van der Waals surface area (Å²) in [6, 6.07) is 9.12. The average Bonchev–Trinajstić information content (AvgIpc) is 3.38. The van der Waals surface area contributed by atoms with E-state index in [2.05, 4.69) is 15.5 Å². The highest BCUT2D eigenvalue weighted by molar-refractivity contribution is 7.94. The molecule has 0 unspecified atom stereocenters.